The van der Waals surface area contributed by atoms with Crippen molar-refractivity contribution in [1.82, 2.24) is 13.5 Å². The highest BCUT2D eigenvalue weighted by molar-refractivity contribution is 7.86. The normalized spacial score (nSPS) is 16.5. The number of nitrogens with zero attached hydrogens (tertiary/aromatic N) is 3. The van der Waals surface area contributed by atoms with E-state index in [1.54, 1.807) is 4.90 Å². The van der Waals surface area contributed by atoms with Crippen LogP contribution in [0.4, 0.5) is 0 Å². The Morgan fingerprint density at radius 1 is 1.00 bits per heavy atom. The van der Waals surface area contributed by atoms with Crippen LogP contribution in [-0.4, -0.2) is 68.1 Å². The van der Waals surface area contributed by atoms with Crippen LogP contribution in [0.1, 0.15) is 5.56 Å². The van der Waals surface area contributed by atoms with Gasteiger partial charge in [-0.2, -0.15) is 17.0 Å². The highest BCUT2D eigenvalue weighted by Gasteiger charge is 2.30. The first kappa shape index (κ1) is 17.8. The lowest BCUT2D eigenvalue weighted by molar-refractivity contribution is -0.131. The molecule has 0 saturated carbocycles. The molecule has 134 valence electrons. The number of fused-ring (bicyclic) bond motifs is 1. The van der Waals surface area contributed by atoms with E-state index in [2.05, 4.69) is 0 Å². The summed E-state index contributed by atoms with van der Waals surface area (Å²) in [6.07, 6.45) is 0.335. The zero-order chi connectivity index (χ0) is 18.0. The van der Waals surface area contributed by atoms with Gasteiger partial charge in [-0.3, -0.25) is 4.79 Å². The molecule has 0 N–H and O–H groups in total. The zero-order valence-electron chi connectivity index (χ0n) is 14.6. The van der Waals surface area contributed by atoms with Gasteiger partial charge in [0.05, 0.1) is 6.42 Å². The number of piperazine rings is 1. The third kappa shape index (κ3) is 3.68. The molecule has 1 aliphatic heterocycles. The van der Waals surface area contributed by atoms with Crippen molar-refractivity contribution in [3.8, 4) is 0 Å². The third-order valence-electron chi connectivity index (χ3n) is 4.60. The van der Waals surface area contributed by atoms with E-state index in [0.717, 1.165) is 16.3 Å². The Kier molecular flexibility index (Phi) is 5.08. The molecule has 7 heteroatoms. The second kappa shape index (κ2) is 7.11. The van der Waals surface area contributed by atoms with E-state index < -0.39 is 10.2 Å². The topological polar surface area (TPSA) is 60.9 Å². The van der Waals surface area contributed by atoms with Crippen LogP contribution in [0.2, 0.25) is 0 Å². The van der Waals surface area contributed by atoms with Gasteiger partial charge in [-0.1, -0.05) is 42.5 Å². The fourth-order valence-corrected chi connectivity index (χ4v) is 4.21. The lowest BCUT2D eigenvalue weighted by Gasteiger charge is -2.35. The molecule has 1 saturated heterocycles. The SMILES string of the molecule is CN(C)S(=O)(=O)N1CCN(C(=O)Cc2cccc3ccccc23)CC1. The van der Waals surface area contributed by atoms with Crippen LogP contribution >= 0.6 is 0 Å². The lowest BCUT2D eigenvalue weighted by atomic mass is 10.0. The number of benzene rings is 2. The highest BCUT2D eigenvalue weighted by atomic mass is 32.2. The Hall–Kier alpha value is -1.96. The first-order valence-electron chi connectivity index (χ1n) is 8.31. The smallest absolute Gasteiger partial charge is 0.281 e. The summed E-state index contributed by atoms with van der Waals surface area (Å²) in [4.78, 5) is 14.4. The first-order chi connectivity index (χ1) is 11.9. The quantitative estimate of drug-likeness (QED) is 0.825. The molecule has 1 amide bonds. The van der Waals surface area contributed by atoms with Crippen molar-refractivity contribution in [2.24, 2.45) is 0 Å². The van der Waals surface area contributed by atoms with Crippen molar-refractivity contribution >= 4 is 26.9 Å². The molecule has 1 heterocycles. The molecular weight excluding hydrogens is 338 g/mol. The fraction of sp³-hybridized carbons (Fsp3) is 0.389. The Labute approximate surface area is 148 Å². The molecule has 0 radical (unpaired) electrons. The van der Waals surface area contributed by atoms with Gasteiger partial charge in [0.25, 0.3) is 10.2 Å². The van der Waals surface area contributed by atoms with Crippen LogP contribution in [0.5, 0.6) is 0 Å². The minimum atomic E-state index is -3.41. The van der Waals surface area contributed by atoms with Crippen LogP contribution in [-0.2, 0) is 21.4 Å². The van der Waals surface area contributed by atoms with E-state index in [-0.39, 0.29) is 5.91 Å². The predicted octanol–water partition coefficient (Wildman–Crippen LogP) is 1.33. The fourth-order valence-electron chi connectivity index (χ4n) is 3.12. The molecule has 0 unspecified atom stereocenters. The maximum absolute atomic E-state index is 12.6. The summed E-state index contributed by atoms with van der Waals surface area (Å²) in [6, 6.07) is 14.0. The van der Waals surface area contributed by atoms with Gasteiger partial charge >= 0.3 is 0 Å². The monoisotopic (exact) mass is 361 g/mol. The largest absolute Gasteiger partial charge is 0.340 e. The molecule has 0 bridgehead atoms. The minimum absolute atomic E-state index is 0.0401. The number of hydrogen-bond acceptors (Lipinski definition) is 3. The molecule has 0 spiro atoms. The van der Waals surface area contributed by atoms with E-state index in [1.807, 2.05) is 42.5 Å². The number of rotatable bonds is 4. The Morgan fingerprint density at radius 3 is 2.32 bits per heavy atom. The van der Waals surface area contributed by atoms with Crippen LogP contribution in [0.25, 0.3) is 10.8 Å². The summed E-state index contributed by atoms with van der Waals surface area (Å²) >= 11 is 0. The predicted molar refractivity (Wildman–Crippen MR) is 98.4 cm³/mol. The van der Waals surface area contributed by atoms with Gasteiger partial charge in [0.1, 0.15) is 0 Å². The molecule has 2 aromatic rings. The summed E-state index contributed by atoms with van der Waals surface area (Å²) in [5.41, 5.74) is 1.01. The van der Waals surface area contributed by atoms with Gasteiger partial charge in [0.15, 0.2) is 0 Å². The van der Waals surface area contributed by atoms with E-state index in [1.165, 1.54) is 22.7 Å². The first-order valence-corrected chi connectivity index (χ1v) is 9.71. The number of amides is 1. The zero-order valence-corrected chi connectivity index (χ0v) is 15.4. The number of hydrogen-bond donors (Lipinski definition) is 0. The maximum atomic E-state index is 12.6. The van der Waals surface area contributed by atoms with Crippen molar-refractivity contribution in [1.29, 1.82) is 0 Å². The molecule has 0 atom stereocenters. The second-order valence-electron chi connectivity index (χ2n) is 6.39. The van der Waals surface area contributed by atoms with Crippen LogP contribution < -0.4 is 0 Å². The Balaban J connectivity index is 1.67. The molecular formula is C18H23N3O3S. The molecule has 6 nitrogen and oxygen atoms in total. The van der Waals surface area contributed by atoms with E-state index in [4.69, 9.17) is 0 Å². The molecule has 0 aliphatic carbocycles. The standard InChI is InChI=1S/C18H23N3O3S/c1-19(2)25(23,24)21-12-10-20(11-13-21)18(22)14-16-8-5-7-15-6-3-4-9-17(15)16/h3-9H,10-14H2,1-2H3. The van der Waals surface area contributed by atoms with Gasteiger partial charge in [-0.15, -0.1) is 0 Å². The summed E-state index contributed by atoms with van der Waals surface area (Å²) < 4.78 is 26.9. The average molecular weight is 361 g/mol. The van der Waals surface area contributed by atoms with E-state index in [0.29, 0.717) is 32.6 Å². The minimum Gasteiger partial charge on any atom is -0.340 e. The van der Waals surface area contributed by atoms with E-state index in [9.17, 15) is 13.2 Å². The second-order valence-corrected chi connectivity index (χ2v) is 8.53. The molecule has 1 fully saturated rings. The maximum Gasteiger partial charge on any atom is 0.281 e. The average Bonchev–Trinajstić information content (AvgIpc) is 2.62. The molecule has 0 aromatic heterocycles. The Bertz CT molecular complexity index is 867. The highest BCUT2D eigenvalue weighted by Crippen LogP contribution is 2.20. The van der Waals surface area contributed by atoms with Crippen molar-refractivity contribution in [3.05, 3.63) is 48.0 Å². The summed E-state index contributed by atoms with van der Waals surface area (Å²) in [7, 11) is -0.366. The number of carbonyl (C=O) groups is 1. The van der Waals surface area contributed by atoms with Crippen LogP contribution in [0, 0.1) is 0 Å². The lowest BCUT2D eigenvalue weighted by Crippen LogP contribution is -2.53. The number of carbonyl (C=O) groups excluding carboxylic acids is 1. The summed E-state index contributed by atoms with van der Waals surface area (Å²) in [5.74, 6) is 0.0401. The van der Waals surface area contributed by atoms with Gasteiger partial charge in [-0.05, 0) is 16.3 Å². The van der Waals surface area contributed by atoms with Crippen molar-refractivity contribution in [2.75, 3.05) is 40.3 Å². The van der Waals surface area contributed by atoms with Crippen molar-refractivity contribution < 1.29 is 13.2 Å². The molecule has 3 rings (SSSR count). The summed E-state index contributed by atoms with van der Waals surface area (Å²) in [6.45, 7) is 1.52. The molecule has 1 aliphatic rings. The molecule has 2 aromatic carbocycles. The van der Waals surface area contributed by atoms with Gasteiger partial charge in [0.2, 0.25) is 5.91 Å². The summed E-state index contributed by atoms with van der Waals surface area (Å²) in [5, 5.41) is 2.21. The van der Waals surface area contributed by atoms with Crippen molar-refractivity contribution in [3.63, 3.8) is 0 Å². The Morgan fingerprint density at radius 2 is 1.64 bits per heavy atom. The van der Waals surface area contributed by atoms with Crippen LogP contribution in [0.15, 0.2) is 42.5 Å². The third-order valence-corrected chi connectivity index (χ3v) is 6.54. The van der Waals surface area contributed by atoms with Gasteiger partial charge in [-0.25, -0.2) is 0 Å². The van der Waals surface area contributed by atoms with E-state index >= 15 is 0 Å². The van der Waals surface area contributed by atoms with Gasteiger partial charge < -0.3 is 4.90 Å². The van der Waals surface area contributed by atoms with Crippen molar-refractivity contribution in [2.45, 2.75) is 6.42 Å². The molecule has 25 heavy (non-hydrogen) atoms. The van der Waals surface area contributed by atoms with Crippen LogP contribution in [0.3, 0.4) is 0 Å². The van der Waals surface area contributed by atoms with Gasteiger partial charge in [0, 0.05) is 40.3 Å².